The van der Waals surface area contributed by atoms with Gasteiger partial charge in [0.15, 0.2) is 0 Å². The number of benzene rings is 1. The van der Waals surface area contributed by atoms with E-state index in [2.05, 4.69) is 55.4 Å². The molecule has 17 heavy (non-hydrogen) atoms. The number of phenols is 1. The van der Waals surface area contributed by atoms with Gasteiger partial charge in [0.05, 0.1) is 0 Å². The lowest BCUT2D eigenvalue weighted by Gasteiger charge is -2.29. The Labute approximate surface area is 106 Å². The molecule has 0 saturated carbocycles. The first-order chi connectivity index (χ1) is 7.46. The van der Waals surface area contributed by atoms with Crippen LogP contribution in [-0.4, -0.2) is 5.11 Å². The summed E-state index contributed by atoms with van der Waals surface area (Å²) in [6.07, 6.45) is 0. The minimum atomic E-state index is -0.0185. The Hall–Kier alpha value is -0.980. The average Bonchev–Trinajstić information content (AvgIpc) is 2.07. The molecule has 0 saturated heterocycles. The number of hydrogen-bond donors (Lipinski definition) is 1. The maximum absolute atomic E-state index is 10.3. The van der Waals surface area contributed by atoms with Crippen molar-refractivity contribution in [1.29, 1.82) is 0 Å². The molecule has 0 bridgehead atoms. The van der Waals surface area contributed by atoms with Crippen molar-refractivity contribution in [3.05, 3.63) is 28.3 Å². The molecule has 0 unspecified atom stereocenters. The molecule has 0 aliphatic rings. The van der Waals surface area contributed by atoms with Gasteiger partial charge in [0.2, 0.25) is 0 Å². The molecule has 1 rings (SSSR count). The first-order valence-corrected chi connectivity index (χ1v) is 6.30. The minimum Gasteiger partial charge on any atom is -0.508 e. The number of rotatable bonds is 0. The van der Waals surface area contributed by atoms with E-state index < -0.39 is 0 Å². The Balaban J connectivity index is 3.60. The lowest BCUT2D eigenvalue weighted by atomic mass is 9.76. The molecular formula is C16H26O. The fraction of sp³-hybridized carbons (Fsp3) is 0.625. The maximum atomic E-state index is 10.3. The van der Waals surface area contributed by atoms with E-state index >= 15 is 0 Å². The third-order valence-corrected chi connectivity index (χ3v) is 3.44. The first kappa shape index (κ1) is 14.1. The monoisotopic (exact) mass is 234 g/mol. The van der Waals surface area contributed by atoms with E-state index in [4.69, 9.17) is 0 Å². The van der Waals surface area contributed by atoms with Crippen LogP contribution >= 0.6 is 0 Å². The van der Waals surface area contributed by atoms with E-state index in [0.717, 1.165) is 5.56 Å². The van der Waals surface area contributed by atoms with Crippen LogP contribution in [0.3, 0.4) is 0 Å². The van der Waals surface area contributed by atoms with Crippen molar-refractivity contribution < 1.29 is 5.11 Å². The van der Waals surface area contributed by atoms with Crippen LogP contribution in [0.5, 0.6) is 5.75 Å². The largest absolute Gasteiger partial charge is 0.508 e. The van der Waals surface area contributed by atoms with E-state index in [1.165, 1.54) is 16.7 Å². The lowest BCUT2D eigenvalue weighted by molar-refractivity contribution is 0.440. The van der Waals surface area contributed by atoms with Gasteiger partial charge in [-0.25, -0.2) is 0 Å². The van der Waals surface area contributed by atoms with Crippen molar-refractivity contribution in [1.82, 2.24) is 0 Å². The van der Waals surface area contributed by atoms with Crippen molar-refractivity contribution >= 4 is 0 Å². The van der Waals surface area contributed by atoms with Gasteiger partial charge in [0.25, 0.3) is 0 Å². The Kier molecular flexibility index (Phi) is 3.35. The predicted octanol–water partition coefficient (Wildman–Crippen LogP) is 4.60. The van der Waals surface area contributed by atoms with Crippen molar-refractivity contribution in [2.45, 2.75) is 66.2 Å². The van der Waals surface area contributed by atoms with Crippen LogP contribution in [0.2, 0.25) is 0 Å². The highest BCUT2D eigenvalue weighted by molar-refractivity contribution is 5.52. The third-order valence-electron chi connectivity index (χ3n) is 3.44. The van der Waals surface area contributed by atoms with Crippen LogP contribution in [-0.2, 0) is 10.8 Å². The topological polar surface area (TPSA) is 20.2 Å². The molecule has 0 spiro atoms. The molecule has 1 aromatic carbocycles. The van der Waals surface area contributed by atoms with Gasteiger partial charge in [0.1, 0.15) is 5.75 Å². The Bertz CT molecular complexity index is 428. The maximum Gasteiger partial charge on any atom is 0.119 e. The molecule has 1 aromatic rings. The standard InChI is InChI=1S/C16H26O/c1-10-11(2)14(16(6,7)8)13(17)9-12(10)15(3,4)5/h9,17H,1-8H3. The summed E-state index contributed by atoms with van der Waals surface area (Å²) in [4.78, 5) is 0. The summed E-state index contributed by atoms with van der Waals surface area (Å²) >= 11 is 0. The van der Waals surface area contributed by atoms with Gasteiger partial charge in [-0.05, 0) is 47.4 Å². The second-order valence-corrected chi connectivity index (χ2v) is 7.07. The number of phenolic OH excluding ortho intramolecular Hbond substituents is 1. The zero-order chi connectivity index (χ0) is 13.6. The third kappa shape index (κ3) is 2.65. The van der Waals surface area contributed by atoms with Crippen LogP contribution in [0.25, 0.3) is 0 Å². The van der Waals surface area contributed by atoms with Crippen LogP contribution in [0.1, 0.15) is 63.8 Å². The lowest BCUT2D eigenvalue weighted by Crippen LogP contribution is -2.19. The van der Waals surface area contributed by atoms with E-state index in [0.29, 0.717) is 5.75 Å². The summed E-state index contributed by atoms with van der Waals surface area (Å²) in [7, 11) is 0. The Morgan fingerprint density at radius 3 is 1.65 bits per heavy atom. The fourth-order valence-corrected chi connectivity index (χ4v) is 2.62. The second-order valence-electron chi connectivity index (χ2n) is 7.07. The smallest absolute Gasteiger partial charge is 0.119 e. The van der Waals surface area contributed by atoms with Crippen molar-refractivity contribution in [3.8, 4) is 5.75 Å². The summed E-state index contributed by atoms with van der Waals surface area (Å²) in [5, 5.41) is 10.3. The molecule has 0 heterocycles. The quantitative estimate of drug-likeness (QED) is 0.695. The summed E-state index contributed by atoms with van der Waals surface area (Å²) in [6, 6.07) is 1.95. The van der Waals surface area contributed by atoms with Crippen molar-refractivity contribution in [2.75, 3.05) is 0 Å². The predicted molar refractivity (Wildman–Crippen MR) is 75.0 cm³/mol. The van der Waals surface area contributed by atoms with Crippen LogP contribution in [0.15, 0.2) is 6.07 Å². The van der Waals surface area contributed by atoms with Gasteiger partial charge in [-0.3, -0.25) is 0 Å². The normalized spacial score (nSPS) is 12.9. The Morgan fingerprint density at radius 2 is 1.29 bits per heavy atom. The molecule has 1 nitrogen and oxygen atoms in total. The van der Waals surface area contributed by atoms with Crippen LogP contribution in [0.4, 0.5) is 0 Å². The van der Waals surface area contributed by atoms with E-state index in [1.807, 2.05) is 6.07 Å². The van der Waals surface area contributed by atoms with Gasteiger partial charge in [-0.1, -0.05) is 41.5 Å². The van der Waals surface area contributed by atoms with Crippen molar-refractivity contribution in [2.24, 2.45) is 0 Å². The summed E-state index contributed by atoms with van der Waals surface area (Å²) < 4.78 is 0. The number of aromatic hydroxyl groups is 1. The van der Waals surface area contributed by atoms with Gasteiger partial charge in [0, 0.05) is 5.56 Å². The van der Waals surface area contributed by atoms with Gasteiger partial charge in [-0.2, -0.15) is 0 Å². The summed E-state index contributed by atoms with van der Waals surface area (Å²) in [5.74, 6) is 0.436. The molecule has 1 heteroatoms. The molecule has 0 amide bonds. The molecule has 0 aliphatic heterocycles. The molecule has 96 valence electrons. The summed E-state index contributed by atoms with van der Waals surface area (Å²) in [5.41, 5.74) is 4.89. The van der Waals surface area contributed by atoms with Gasteiger partial charge in [-0.15, -0.1) is 0 Å². The molecule has 0 aromatic heterocycles. The van der Waals surface area contributed by atoms with Crippen molar-refractivity contribution in [3.63, 3.8) is 0 Å². The van der Waals surface area contributed by atoms with Crippen LogP contribution < -0.4 is 0 Å². The van der Waals surface area contributed by atoms with E-state index in [1.54, 1.807) is 0 Å². The van der Waals surface area contributed by atoms with Gasteiger partial charge < -0.3 is 5.11 Å². The second kappa shape index (κ2) is 4.04. The highest BCUT2D eigenvalue weighted by Gasteiger charge is 2.26. The van der Waals surface area contributed by atoms with Crippen LogP contribution in [0, 0.1) is 13.8 Å². The fourth-order valence-electron chi connectivity index (χ4n) is 2.62. The summed E-state index contributed by atoms with van der Waals surface area (Å²) in [6.45, 7) is 17.3. The average molecular weight is 234 g/mol. The highest BCUT2D eigenvalue weighted by Crippen LogP contribution is 2.39. The Morgan fingerprint density at radius 1 is 0.824 bits per heavy atom. The molecular weight excluding hydrogens is 208 g/mol. The SMILES string of the molecule is Cc1c(C(C)(C)C)cc(O)c(C(C)(C)C)c1C. The number of hydrogen-bond acceptors (Lipinski definition) is 1. The molecule has 0 aliphatic carbocycles. The first-order valence-electron chi connectivity index (χ1n) is 6.30. The van der Waals surface area contributed by atoms with E-state index in [-0.39, 0.29) is 10.8 Å². The zero-order valence-corrected chi connectivity index (χ0v) is 12.5. The molecule has 0 atom stereocenters. The molecule has 0 fully saturated rings. The highest BCUT2D eigenvalue weighted by atomic mass is 16.3. The molecule has 1 N–H and O–H groups in total. The van der Waals surface area contributed by atoms with Gasteiger partial charge >= 0.3 is 0 Å². The van der Waals surface area contributed by atoms with E-state index in [9.17, 15) is 5.11 Å². The zero-order valence-electron chi connectivity index (χ0n) is 12.5. The minimum absolute atomic E-state index is 0.0185. The molecule has 0 radical (unpaired) electrons.